The van der Waals surface area contributed by atoms with E-state index in [0.29, 0.717) is 26.4 Å². The predicted octanol–water partition coefficient (Wildman–Crippen LogP) is 2.17. The van der Waals surface area contributed by atoms with Crippen molar-refractivity contribution in [1.82, 2.24) is 4.90 Å². The third kappa shape index (κ3) is 3.08. The third-order valence-corrected chi connectivity index (χ3v) is 4.79. The fourth-order valence-electron chi connectivity index (χ4n) is 3.49. The first kappa shape index (κ1) is 17.0. The molecule has 6 nitrogen and oxygen atoms in total. The van der Waals surface area contributed by atoms with Crippen LogP contribution < -0.4 is 9.47 Å². The summed E-state index contributed by atoms with van der Waals surface area (Å²) in [6.07, 6.45) is 1.85. The normalized spacial score (nSPS) is 27.1. The van der Waals surface area contributed by atoms with E-state index in [-0.39, 0.29) is 11.9 Å². The number of carbonyl (C=O) groups is 1. The smallest absolute Gasteiger partial charge is 0.257 e. The maximum atomic E-state index is 13.1. The van der Waals surface area contributed by atoms with Gasteiger partial charge in [0.25, 0.3) is 5.91 Å². The van der Waals surface area contributed by atoms with Gasteiger partial charge in [0.05, 0.1) is 40.1 Å². The lowest BCUT2D eigenvalue weighted by Crippen LogP contribution is -2.54. The van der Waals surface area contributed by atoms with Crippen LogP contribution >= 0.6 is 0 Å². The summed E-state index contributed by atoms with van der Waals surface area (Å²) in [5.41, 5.74) is 0.0652. The van der Waals surface area contributed by atoms with E-state index in [0.717, 1.165) is 29.9 Å². The third-order valence-electron chi connectivity index (χ3n) is 4.79. The highest BCUT2D eigenvalue weighted by Gasteiger charge is 2.44. The molecule has 3 rings (SSSR count). The van der Waals surface area contributed by atoms with E-state index in [2.05, 4.69) is 0 Å². The van der Waals surface area contributed by atoms with Crippen LogP contribution in [0.5, 0.6) is 11.5 Å². The van der Waals surface area contributed by atoms with Crippen molar-refractivity contribution in [3.63, 3.8) is 0 Å². The largest absolute Gasteiger partial charge is 0.497 e. The average molecular weight is 335 g/mol. The van der Waals surface area contributed by atoms with Gasteiger partial charge in [-0.25, -0.2) is 0 Å². The lowest BCUT2D eigenvalue weighted by molar-refractivity contribution is -0.183. The van der Waals surface area contributed by atoms with Crippen molar-refractivity contribution in [2.75, 3.05) is 40.6 Å². The molecular formula is C18H25NO5. The Morgan fingerprint density at radius 2 is 2.12 bits per heavy atom. The number of likely N-dealkylation sites (tertiary alicyclic amines) is 1. The van der Waals surface area contributed by atoms with Gasteiger partial charge in [0, 0.05) is 12.1 Å². The highest BCUT2D eigenvalue weighted by Crippen LogP contribution is 2.40. The van der Waals surface area contributed by atoms with E-state index in [1.807, 2.05) is 30.0 Å². The Bertz CT molecular complexity index is 597. The van der Waals surface area contributed by atoms with E-state index in [4.69, 9.17) is 18.9 Å². The molecule has 2 atom stereocenters. The van der Waals surface area contributed by atoms with Crippen molar-refractivity contribution >= 4 is 5.91 Å². The molecule has 0 aliphatic carbocycles. The first-order valence-corrected chi connectivity index (χ1v) is 8.34. The highest BCUT2D eigenvalue weighted by molar-refractivity contribution is 5.86. The summed E-state index contributed by atoms with van der Waals surface area (Å²) in [7, 11) is 3.28. The van der Waals surface area contributed by atoms with Gasteiger partial charge >= 0.3 is 0 Å². The van der Waals surface area contributed by atoms with Gasteiger partial charge in [-0.2, -0.15) is 0 Å². The first-order valence-electron chi connectivity index (χ1n) is 8.34. The number of amides is 1. The first-order chi connectivity index (χ1) is 11.6. The van der Waals surface area contributed by atoms with Gasteiger partial charge in [-0.1, -0.05) is 0 Å². The summed E-state index contributed by atoms with van der Waals surface area (Å²) in [5, 5.41) is 0. The van der Waals surface area contributed by atoms with Crippen LogP contribution in [0.2, 0.25) is 0 Å². The zero-order valence-corrected chi connectivity index (χ0v) is 14.5. The molecule has 1 aromatic rings. The molecule has 2 aliphatic rings. The van der Waals surface area contributed by atoms with E-state index in [1.54, 1.807) is 14.2 Å². The second-order valence-electron chi connectivity index (χ2n) is 6.40. The van der Waals surface area contributed by atoms with Crippen molar-refractivity contribution in [2.24, 2.45) is 0 Å². The van der Waals surface area contributed by atoms with Gasteiger partial charge < -0.3 is 23.8 Å². The van der Waals surface area contributed by atoms with Gasteiger partial charge in [0.2, 0.25) is 0 Å². The quantitative estimate of drug-likeness (QED) is 0.844. The molecule has 0 radical (unpaired) electrons. The molecule has 6 heteroatoms. The van der Waals surface area contributed by atoms with Gasteiger partial charge in [0.15, 0.2) is 5.60 Å². The Morgan fingerprint density at radius 3 is 2.79 bits per heavy atom. The monoisotopic (exact) mass is 335 g/mol. The van der Waals surface area contributed by atoms with Crippen molar-refractivity contribution < 1.29 is 23.7 Å². The zero-order valence-electron chi connectivity index (χ0n) is 14.5. The number of ether oxygens (including phenoxy) is 4. The van der Waals surface area contributed by atoms with Gasteiger partial charge in [-0.05, 0) is 38.0 Å². The standard InChI is InChI=1S/C18H25NO5/c1-18(12-23-9-10-24-18)17(20)19-8-4-5-15(19)14-11-13(21-2)6-7-16(14)22-3/h6-7,11,15H,4-5,8-10,12H2,1-3H3. The molecule has 2 unspecified atom stereocenters. The van der Waals surface area contributed by atoms with E-state index in [9.17, 15) is 4.79 Å². The maximum Gasteiger partial charge on any atom is 0.257 e. The minimum Gasteiger partial charge on any atom is -0.497 e. The Balaban J connectivity index is 1.89. The molecule has 1 aromatic carbocycles. The highest BCUT2D eigenvalue weighted by atomic mass is 16.6. The number of carbonyl (C=O) groups excluding carboxylic acids is 1. The summed E-state index contributed by atoms with van der Waals surface area (Å²) in [6.45, 7) is 3.80. The van der Waals surface area contributed by atoms with E-state index >= 15 is 0 Å². The Hall–Kier alpha value is -1.79. The Morgan fingerprint density at radius 1 is 1.29 bits per heavy atom. The van der Waals surface area contributed by atoms with Crippen LogP contribution in [0.25, 0.3) is 0 Å². The minimum atomic E-state index is -0.910. The molecule has 0 N–H and O–H groups in total. The molecular weight excluding hydrogens is 310 g/mol. The fourth-order valence-corrected chi connectivity index (χ4v) is 3.49. The topological polar surface area (TPSA) is 57.2 Å². The number of rotatable bonds is 4. The second-order valence-corrected chi connectivity index (χ2v) is 6.40. The lowest BCUT2D eigenvalue weighted by Gasteiger charge is -2.37. The molecule has 0 aromatic heterocycles. The lowest BCUT2D eigenvalue weighted by atomic mass is 10.00. The van der Waals surface area contributed by atoms with Crippen LogP contribution in [-0.2, 0) is 14.3 Å². The molecule has 2 saturated heterocycles. The Kier molecular flexibility index (Phi) is 4.96. The average Bonchev–Trinajstić information content (AvgIpc) is 3.10. The summed E-state index contributed by atoms with van der Waals surface area (Å²) >= 11 is 0. The molecule has 0 bridgehead atoms. The second kappa shape index (κ2) is 6.99. The molecule has 2 fully saturated rings. The molecule has 1 amide bonds. The van der Waals surface area contributed by atoms with Crippen molar-refractivity contribution in [3.05, 3.63) is 23.8 Å². The summed E-state index contributed by atoms with van der Waals surface area (Å²) < 4.78 is 22.1. The van der Waals surface area contributed by atoms with Gasteiger partial charge in [0.1, 0.15) is 11.5 Å². The number of nitrogens with zero attached hydrogens (tertiary/aromatic N) is 1. The molecule has 132 valence electrons. The molecule has 0 spiro atoms. The molecule has 2 heterocycles. The van der Waals surface area contributed by atoms with Crippen LogP contribution in [0.4, 0.5) is 0 Å². The van der Waals surface area contributed by atoms with Crippen molar-refractivity contribution in [3.8, 4) is 11.5 Å². The van der Waals surface area contributed by atoms with Crippen molar-refractivity contribution in [2.45, 2.75) is 31.4 Å². The fraction of sp³-hybridized carbons (Fsp3) is 0.611. The number of hydrogen-bond acceptors (Lipinski definition) is 5. The van der Waals surface area contributed by atoms with Crippen LogP contribution in [0, 0.1) is 0 Å². The number of hydrogen-bond donors (Lipinski definition) is 0. The van der Waals surface area contributed by atoms with Crippen LogP contribution in [-0.4, -0.2) is 57.0 Å². The molecule has 2 aliphatic heterocycles. The van der Waals surface area contributed by atoms with Crippen LogP contribution in [0.15, 0.2) is 18.2 Å². The minimum absolute atomic E-state index is 0.0189. The Labute approximate surface area is 142 Å². The van der Waals surface area contributed by atoms with E-state index < -0.39 is 5.60 Å². The maximum absolute atomic E-state index is 13.1. The SMILES string of the molecule is COc1ccc(OC)c(C2CCCN2C(=O)C2(C)COCCO2)c1. The summed E-state index contributed by atoms with van der Waals surface area (Å²) in [6, 6.07) is 5.67. The van der Waals surface area contributed by atoms with Gasteiger partial charge in [-0.3, -0.25) is 4.79 Å². The predicted molar refractivity (Wildman–Crippen MR) is 88.4 cm³/mol. The number of methoxy groups -OCH3 is 2. The van der Waals surface area contributed by atoms with Crippen molar-refractivity contribution in [1.29, 1.82) is 0 Å². The summed E-state index contributed by atoms with van der Waals surface area (Å²) in [5.74, 6) is 1.51. The van der Waals surface area contributed by atoms with Crippen LogP contribution in [0.1, 0.15) is 31.4 Å². The zero-order chi connectivity index (χ0) is 17.2. The molecule has 24 heavy (non-hydrogen) atoms. The number of benzene rings is 1. The van der Waals surface area contributed by atoms with Crippen LogP contribution in [0.3, 0.4) is 0 Å². The van der Waals surface area contributed by atoms with Gasteiger partial charge in [-0.15, -0.1) is 0 Å². The molecule has 0 saturated carbocycles. The summed E-state index contributed by atoms with van der Waals surface area (Å²) in [4.78, 5) is 15.0. The van der Waals surface area contributed by atoms with E-state index in [1.165, 1.54) is 0 Å².